The summed E-state index contributed by atoms with van der Waals surface area (Å²) in [6.07, 6.45) is 0.525. The molecule has 0 aliphatic carbocycles. The van der Waals surface area contributed by atoms with E-state index < -0.39 is 11.9 Å². The predicted molar refractivity (Wildman–Crippen MR) is 79.6 cm³/mol. The number of amides is 1. The van der Waals surface area contributed by atoms with Gasteiger partial charge in [-0.15, -0.1) is 0 Å². The molecule has 0 aliphatic heterocycles. The SMILES string of the molecule is Cc1ccc(F)cc1C(=O)NC(CO)Cc1ccccc1. The van der Waals surface area contributed by atoms with E-state index in [9.17, 15) is 14.3 Å². The summed E-state index contributed by atoms with van der Waals surface area (Å²) in [5.74, 6) is -0.823. The Labute approximate surface area is 123 Å². The lowest BCUT2D eigenvalue weighted by Crippen LogP contribution is -2.39. The molecule has 0 aliphatic rings. The van der Waals surface area contributed by atoms with E-state index in [2.05, 4.69) is 5.32 Å². The molecule has 0 fully saturated rings. The fourth-order valence-corrected chi connectivity index (χ4v) is 2.16. The number of aryl methyl sites for hydroxylation is 1. The molecule has 2 N–H and O–H groups in total. The van der Waals surface area contributed by atoms with Crippen LogP contribution in [0, 0.1) is 12.7 Å². The van der Waals surface area contributed by atoms with Crippen molar-refractivity contribution in [2.24, 2.45) is 0 Å². The summed E-state index contributed by atoms with van der Waals surface area (Å²) in [5.41, 5.74) is 2.01. The van der Waals surface area contributed by atoms with E-state index in [1.54, 1.807) is 13.0 Å². The predicted octanol–water partition coefficient (Wildman–Crippen LogP) is 2.47. The van der Waals surface area contributed by atoms with E-state index >= 15 is 0 Å². The number of aliphatic hydroxyl groups excluding tert-OH is 1. The molecule has 2 rings (SSSR count). The first-order valence-corrected chi connectivity index (χ1v) is 6.82. The van der Waals surface area contributed by atoms with Crippen LogP contribution in [0.25, 0.3) is 0 Å². The largest absolute Gasteiger partial charge is 0.394 e. The first-order valence-electron chi connectivity index (χ1n) is 6.82. The van der Waals surface area contributed by atoms with E-state index in [1.165, 1.54) is 12.1 Å². The Balaban J connectivity index is 2.07. The Morgan fingerprint density at radius 2 is 1.95 bits per heavy atom. The van der Waals surface area contributed by atoms with Crippen LogP contribution in [0.15, 0.2) is 48.5 Å². The lowest BCUT2D eigenvalue weighted by molar-refractivity contribution is 0.0915. The number of carbonyl (C=O) groups excluding carboxylic acids is 1. The van der Waals surface area contributed by atoms with Crippen LogP contribution in [0.1, 0.15) is 21.5 Å². The van der Waals surface area contributed by atoms with Gasteiger partial charge in [-0.3, -0.25) is 4.79 Å². The van der Waals surface area contributed by atoms with Crippen molar-refractivity contribution in [2.45, 2.75) is 19.4 Å². The van der Waals surface area contributed by atoms with Gasteiger partial charge in [0.05, 0.1) is 12.6 Å². The third kappa shape index (κ3) is 4.13. The maximum Gasteiger partial charge on any atom is 0.251 e. The summed E-state index contributed by atoms with van der Waals surface area (Å²) < 4.78 is 13.2. The van der Waals surface area contributed by atoms with Gasteiger partial charge in [0.15, 0.2) is 0 Å². The zero-order chi connectivity index (χ0) is 15.2. The minimum Gasteiger partial charge on any atom is -0.394 e. The minimum atomic E-state index is -0.450. The van der Waals surface area contributed by atoms with Gasteiger partial charge < -0.3 is 10.4 Å². The number of aliphatic hydroxyl groups is 1. The molecule has 3 nitrogen and oxygen atoms in total. The molecule has 4 heteroatoms. The molecule has 0 bridgehead atoms. The van der Waals surface area contributed by atoms with Crippen molar-refractivity contribution in [2.75, 3.05) is 6.61 Å². The van der Waals surface area contributed by atoms with Gasteiger partial charge in [0.25, 0.3) is 5.91 Å². The molecule has 0 radical (unpaired) electrons. The summed E-state index contributed by atoms with van der Waals surface area (Å²) in [7, 11) is 0. The molecule has 1 amide bonds. The van der Waals surface area contributed by atoms with Crippen molar-refractivity contribution in [1.82, 2.24) is 5.32 Å². The van der Waals surface area contributed by atoms with Gasteiger partial charge in [-0.25, -0.2) is 4.39 Å². The highest BCUT2D eigenvalue weighted by Gasteiger charge is 2.15. The van der Waals surface area contributed by atoms with Crippen molar-refractivity contribution in [3.63, 3.8) is 0 Å². The molecule has 1 unspecified atom stereocenters. The molecule has 21 heavy (non-hydrogen) atoms. The van der Waals surface area contributed by atoms with Gasteiger partial charge in [0, 0.05) is 5.56 Å². The number of hydrogen-bond donors (Lipinski definition) is 2. The lowest BCUT2D eigenvalue weighted by atomic mass is 10.0. The molecule has 0 saturated heterocycles. The number of rotatable bonds is 5. The van der Waals surface area contributed by atoms with E-state index in [1.807, 2.05) is 30.3 Å². The molecular formula is C17H18FNO2. The Morgan fingerprint density at radius 1 is 1.24 bits per heavy atom. The fourth-order valence-electron chi connectivity index (χ4n) is 2.16. The van der Waals surface area contributed by atoms with E-state index in [4.69, 9.17) is 0 Å². The topological polar surface area (TPSA) is 49.3 Å². The van der Waals surface area contributed by atoms with Crippen LogP contribution in [-0.4, -0.2) is 23.7 Å². The maximum atomic E-state index is 13.2. The smallest absolute Gasteiger partial charge is 0.251 e. The van der Waals surface area contributed by atoms with Crippen LogP contribution in [0.2, 0.25) is 0 Å². The normalized spacial score (nSPS) is 12.0. The highest BCUT2D eigenvalue weighted by atomic mass is 19.1. The number of carbonyl (C=O) groups is 1. The Kier molecular flexibility index (Phi) is 5.06. The third-order valence-corrected chi connectivity index (χ3v) is 3.32. The maximum absolute atomic E-state index is 13.2. The zero-order valence-electron chi connectivity index (χ0n) is 11.8. The number of nitrogens with one attached hydrogen (secondary N) is 1. The number of halogens is 1. The van der Waals surface area contributed by atoms with Crippen LogP contribution >= 0.6 is 0 Å². The molecule has 2 aromatic carbocycles. The quantitative estimate of drug-likeness (QED) is 0.887. The summed E-state index contributed by atoms with van der Waals surface area (Å²) >= 11 is 0. The molecule has 0 spiro atoms. The first-order chi connectivity index (χ1) is 10.1. The lowest BCUT2D eigenvalue weighted by Gasteiger charge is -2.17. The summed E-state index contributed by atoms with van der Waals surface area (Å²) in [6.45, 7) is 1.58. The number of hydrogen-bond acceptors (Lipinski definition) is 2. The van der Waals surface area contributed by atoms with Gasteiger partial charge >= 0.3 is 0 Å². The van der Waals surface area contributed by atoms with Crippen LogP contribution in [0.3, 0.4) is 0 Å². The van der Waals surface area contributed by atoms with Gasteiger partial charge in [-0.05, 0) is 36.6 Å². The second kappa shape index (κ2) is 6.99. The van der Waals surface area contributed by atoms with Crippen LogP contribution in [-0.2, 0) is 6.42 Å². The minimum absolute atomic E-state index is 0.172. The van der Waals surface area contributed by atoms with E-state index in [-0.39, 0.29) is 12.5 Å². The second-order valence-corrected chi connectivity index (χ2v) is 5.00. The van der Waals surface area contributed by atoms with Crippen LogP contribution in [0.4, 0.5) is 4.39 Å². The first kappa shape index (κ1) is 15.2. The molecular weight excluding hydrogens is 269 g/mol. The van der Waals surface area contributed by atoms with Crippen molar-refractivity contribution >= 4 is 5.91 Å². The van der Waals surface area contributed by atoms with Gasteiger partial charge in [-0.2, -0.15) is 0 Å². The van der Waals surface area contributed by atoms with Gasteiger partial charge in [0.2, 0.25) is 0 Å². The Bertz CT molecular complexity index is 613. The van der Waals surface area contributed by atoms with Gasteiger partial charge in [-0.1, -0.05) is 36.4 Å². The van der Waals surface area contributed by atoms with Crippen molar-refractivity contribution in [1.29, 1.82) is 0 Å². The number of benzene rings is 2. The molecule has 1 atom stereocenters. The molecule has 110 valence electrons. The molecule has 0 heterocycles. The molecule has 0 saturated carbocycles. The Morgan fingerprint density at radius 3 is 2.62 bits per heavy atom. The third-order valence-electron chi connectivity index (χ3n) is 3.32. The molecule has 2 aromatic rings. The van der Waals surface area contributed by atoms with E-state index in [0.29, 0.717) is 17.5 Å². The molecule has 0 aromatic heterocycles. The highest BCUT2D eigenvalue weighted by molar-refractivity contribution is 5.95. The van der Waals surface area contributed by atoms with Crippen molar-refractivity contribution in [3.8, 4) is 0 Å². The summed E-state index contributed by atoms with van der Waals surface area (Å²) in [6, 6.07) is 13.3. The van der Waals surface area contributed by atoms with Crippen LogP contribution in [0.5, 0.6) is 0 Å². The van der Waals surface area contributed by atoms with Crippen molar-refractivity contribution in [3.05, 3.63) is 71.0 Å². The average molecular weight is 287 g/mol. The summed E-state index contributed by atoms with van der Waals surface area (Å²) in [5, 5.41) is 12.2. The monoisotopic (exact) mass is 287 g/mol. The van der Waals surface area contributed by atoms with Crippen LogP contribution < -0.4 is 5.32 Å². The van der Waals surface area contributed by atoms with Gasteiger partial charge in [0.1, 0.15) is 5.82 Å². The second-order valence-electron chi connectivity index (χ2n) is 5.00. The summed E-state index contributed by atoms with van der Waals surface area (Å²) in [4.78, 5) is 12.2. The average Bonchev–Trinajstić information content (AvgIpc) is 2.50. The zero-order valence-corrected chi connectivity index (χ0v) is 11.8. The van der Waals surface area contributed by atoms with E-state index in [0.717, 1.165) is 5.56 Å². The fraction of sp³-hybridized carbons (Fsp3) is 0.235. The Hall–Kier alpha value is -2.20. The standard InChI is InChI=1S/C17H18FNO2/c1-12-7-8-14(18)10-16(12)17(21)19-15(11-20)9-13-5-3-2-4-6-13/h2-8,10,15,20H,9,11H2,1H3,(H,19,21). The highest BCUT2D eigenvalue weighted by Crippen LogP contribution is 2.11. The van der Waals surface area contributed by atoms with Crippen molar-refractivity contribution < 1.29 is 14.3 Å².